The largest absolute Gasteiger partial charge is 0.319 e. The van der Waals surface area contributed by atoms with Crippen LogP contribution in [0.3, 0.4) is 0 Å². The fourth-order valence-corrected chi connectivity index (χ4v) is 3.93. The molecular weight excluding hydrogens is 284 g/mol. The first-order valence-electron chi connectivity index (χ1n) is 5.89. The van der Waals surface area contributed by atoms with Gasteiger partial charge in [0.15, 0.2) is 0 Å². The van der Waals surface area contributed by atoms with Gasteiger partial charge in [-0.15, -0.1) is 11.3 Å². The molecule has 16 heavy (non-hydrogen) atoms. The molecular formula is C12H19BrN2S. The summed E-state index contributed by atoms with van der Waals surface area (Å²) < 4.78 is 1.24. The third kappa shape index (κ3) is 3.55. The van der Waals surface area contributed by atoms with Crippen LogP contribution in [-0.2, 0) is 6.54 Å². The van der Waals surface area contributed by atoms with Crippen molar-refractivity contribution in [1.29, 1.82) is 0 Å². The summed E-state index contributed by atoms with van der Waals surface area (Å²) in [4.78, 5) is 4.06. The molecule has 2 heterocycles. The summed E-state index contributed by atoms with van der Waals surface area (Å²) in [5.74, 6) is 0.835. The SMILES string of the molecule is CNCC1CCCN(Cc2ccc(Br)s2)C1. The van der Waals surface area contributed by atoms with Gasteiger partial charge in [0.05, 0.1) is 3.79 Å². The normalized spacial score (nSPS) is 22.5. The lowest BCUT2D eigenvalue weighted by Crippen LogP contribution is -2.38. The third-order valence-electron chi connectivity index (χ3n) is 3.10. The number of likely N-dealkylation sites (tertiary alicyclic amines) is 1. The minimum Gasteiger partial charge on any atom is -0.319 e. The van der Waals surface area contributed by atoms with E-state index in [4.69, 9.17) is 0 Å². The second kappa shape index (κ2) is 6.15. The van der Waals surface area contributed by atoms with Crippen LogP contribution in [0.25, 0.3) is 0 Å². The average Bonchev–Trinajstić information content (AvgIpc) is 2.65. The van der Waals surface area contributed by atoms with Gasteiger partial charge in [-0.25, -0.2) is 0 Å². The lowest BCUT2D eigenvalue weighted by molar-refractivity contribution is 0.168. The van der Waals surface area contributed by atoms with Gasteiger partial charge in [-0.2, -0.15) is 0 Å². The monoisotopic (exact) mass is 302 g/mol. The van der Waals surface area contributed by atoms with E-state index in [0.717, 1.165) is 19.0 Å². The molecule has 1 atom stereocenters. The van der Waals surface area contributed by atoms with Crippen molar-refractivity contribution < 1.29 is 0 Å². The molecule has 90 valence electrons. The fraction of sp³-hybridized carbons (Fsp3) is 0.667. The van der Waals surface area contributed by atoms with Crippen molar-refractivity contribution >= 4 is 27.3 Å². The maximum Gasteiger partial charge on any atom is 0.0701 e. The minimum atomic E-state index is 0.835. The number of rotatable bonds is 4. The Morgan fingerprint density at radius 1 is 1.56 bits per heavy atom. The lowest BCUT2D eigenvalue weighted by Gasteiger charge is -2.32. The second-order valence-electron chi connectivity index (χ2n) is 4.51. The summed E-state index contributed by atoms with van der Waals surface area (Å²) in [5, 5.41) is 3.29. The molecule has 0 aromatic carbocycles. The Balaban J connectivity index is 1.85. The van der Waals surface area contributed by atoms with E-state index in [1.165, 1.54) is 34.6 Å². The van der Waals surface area contributed by atoms with Gasteiger partial charge >= 0.3 is 0 Å². The van der Waals surface area contributed by atoms with Crippen LogP contribution in [0.2, 0.25) is 0 Å². The van der Waals surface area contributed by atoms with Gasteiger partial charge in [-0.1, -0.05) is 0 Å². The molecule has 2 rings (SSSR count). The zero-order chi connectivity index (χ0) is 11.4. The molecule has 1 aliphatic heterocycles. The van der Waals surface area contributed by atoms with E-state index >= 15 is 0 Å². The van der Waals surface area contributed by atoms with Crippen LogP contribution in [0.5, 0.6) is 0 Å². The first-order chi connectivity index (χ1) is 7.78. The van der Waals surface area contributed by atoms with Crippen molar-refractivity contribution in [1.82, 2.24) is 10.2 Å². The highest BCUT2D eigenvalue weighted by Crippen LogP contribution is 2.25. The van der Waals surface area contributed by atoms with Crippen LogP contribution in [-0.4, -0.2) is 31.6 Å². The zero-order valence-corrected chi connectivity index (χ0v) is 12.1. The summed E-state index contributed by atoms with van der Waals surface area (Å²) in [7, 11) is 2.05. The van der Waals surface area contributed by atoms with Crippen molar-refractivity contribution in [2.45, 2.75) is 19.4 Å². The summed E-state index contributed by atoms with van der Waals surface area (Å²) in [6, 6.07) is 4.38. The van der Waals surface area contributed by atoms with Gasteiger partial charge in [0.2, 0.25) is 0 Å². The van der Waals surface area contributed by atoms with E-state index in [1.54, 1.807) is 0 Å². The minimum absolute atomic E-state index is 0.835. The Morgan fingerprint density at radius 3 is 3.12 bits per heavy atom. The van der Waals surface area contributed by atoms with E-state index in [1.807, 2.05) is 11.3 Å². The van der Waals surface area contributed by atoms with Gasteiger partial charge in [0, 0.05) is 18.0 Å². The molecule has 1 aromatic heterocycles. The molecule has 0 bridgehead atoms. The zero-order valence-electron chi connectivity index (χ0n) is 9.71. The number of hydrogen-bond acceptors (Lipinski definition) is 3. The van der Waals surface area contributed by atoms with Crippen molar-refractivity contribution in [2.24, 2.45) is 5.92 Å². The summed E-state index contributed by atoms with van der Waals surface area (Å²) in [6.07, 6.45) is 2.73. The van der Waals surface area contributed by atoms with Crippen molar-refractivity contribution in [2.75, 3.05) is 26.7 Å². The molecule has 0 radical (unpaired) electrons. The van der Waals surface area contributed by atoms with Gasteiger partial charge in [-0.05, 0) is 67.0 Å². The predicted octanol–water partition coefficient (Wildman–Crippen LogP) is 2.94. The Bertz CT molecular complexity index is 325. The van der Waals surface area contributed by atoms with Gasteiger partial charge in [-0.3, -0.25) is 4.90 Å². The third-order valence-corrected chi connectivity index (χ3v) is 4.71. The number of hydrogen-bond donors (Lipinski definition) is 1. The van der Waals surface area contributed by atoms with Crippen molar-refractivity contribution in [3.05, 3.63) is 20.8 Å². The number of nitrogens with one attached hydrogen (secondary N) is 1. The Hall–Kier alpha value is 0.1000. The van der Waals surface area contributed by atoms with Crippen LogP contribution in [0.4, 0.5) is 0 Å². The number of piperidine rings is 1. The second-order valence-corrected chi connectivity index (χ2v) is 7.05. The Kier molecular flexibility index (Phi) is 4.82. The van der Waals surface area contributed by atoms with E-state index in [0.29, 0.717) is 0 Å². The molecule has 1 aliphatic rings. The summed E-state index contributed by atoms with van der Waals surface area (Å²) in [5.41, 5.74) is 0. The molecule has 0 aliphatic carbocycles. The van der Waals surface area contributed by atoms with Crippen molar-refractivity contribution in [3.63, 3.8) is 0 Å². The molecule has 1 unspecified atom stereocenters. The van der Waals surface area contributed by atoms with Gasteiger partial charge in [0.1, 0.15) is 0 Å². The van der Waals surface area contributed by atoms with Gasteiger partial charge < -0.3 is 5.32 Å². The first kappa shape index (κ1) is 12.6. The van der Waals surface area contributed by atoms with E-state index in [2.05, 4.69) is 45.3 Å². The molecule has 1 aromatic rings. The molecule has 0 amide bonds. The van der Waals surface area contributed by atoms with Crippen LogP contribution >= 0.6 is 27.3 Å². The maximum atomic E-state index is 3.52. The van der Waals surface area contributed by atoms with Crippen molar-refractivity contribution in [3.8, 4) is 0 Å². The summed E-state index contributed by atoms with van der Waals surface area (Å²) >= 11 is 5.38. The predicted molar refractivity (Wildman–Crippen MR) is 73.9 cm³/mol. The maximum absolute atomic E-state index is 3.52. The number of halogens is 1. The van der Waals surface area contributed by atoms with E-state index in [9.17, 15) is 0 Å². The number of nitrogens with zero attached hydrogens (tertiary/aromatic N) is 1. The van der Waals surface area contributed by atoms with Crippen LogP contribution < -0.4 is 5.32 Å². The molecule has 1 fully saturated rings. The molecule has 1 saturated heterocycles. The van der Waals surface area contributed by atoms with Crippen LogP contribution in [0, 0.1) is 5.92 Å². The van der Waals surface area contributed by atoms with Crippen LogP contribution in [0.15, 0.2) is 15.9 Å². The highest BCUT2D eigenvalue weighted by atomic mass is 79.9. The highest BCUT2D eigenvalue weighted by Gasteiger charge is 2.19. The smallest absolute Gasteiger partial charge is 0.0701 e. The molecule has 4 heteroatoms. The standard InChI is InChI=1S/C12H19BrN2S/c1-14-7-10-3-2-6-15(8-10)9-11-4-5-12(13)16-11/h4-5,10,14H,2-3,6-9H2,1H3. The number of thiophene rings is 1. The molecule has 1 N–H and O–H groups in total. The topological polar surface area (TPSA) is 15.3 Å². The molecule has 0 spiro atoms. The van der Waals surface area contributed by atoms with Gasteiger partial charge in [0.25, 0.3) is 0 Å². The van der Waals surface area contributed by atoms with Crippen LogP contribution in [0.1, 0.15) is 17.7 Å². The van der Waals surface area contributed by atoms with E-state index < -0.39 is 0 Å². The summed E-state index contributed by atoms with van der Waals surface area (Å²) in [6.45, 7) is 4.78. The molecule has 2 nitrogen and oxygen atoms in total. The Labute approximate surface area is 110 Å². The van der Waals surface area contributed by atoms with E-state index in [-0.39, 0.29) is 0 Å². The fourth-order valence-electron chi connectivity index (χ4n) is 2.41. The lowest BCUT2D eigenvalue weighted by atomic mass is 9.98. The Morgan fingerprint density at radius 2 is 2.44 bits per heavy atom. The average molecular weight is 303 g/mol. The highest BCUT2D eigenvalue weighted by molar-refractivity contribution is 9.11. The quantitative estimate of drug-likeness (QED) is 0.920. The molecule has 0 saturated carbocycles. The first-order valence-corrected chi connectivity index (χ1v) is 7.50.